The van der Waals surface area contributed by atoms with Crippen molar-refractivity contribution in [1.29, 1.82) is 0 Å². The molecule has 0 bridgehead atoms. The number of fused-ring (bicyclic) bond motifs is 1. The fourth-order valence-corrected chi connectivity index (χ4v) is 4.76. The van der Waals surface area contributed by atoms with E-state index in [1.807, 2.05) is 6.92 Å². The molecule has 0 aliphatic carbocycles. The monoisotopic (exact) mass is 413 g/mol. The van der Waals surface area contributed by atoms with Gasteiger partial charge in [0.15, 0.2) is 6.61 Å². The quantitative estimate of drug-likeness (QED) is 0.446. The van der Waals surface area contributed by atoms with Gasteiger partial charge >= 0.3 is 5.97 Å². The molecule has 2 saturated heterocycles. The second kappa shape index (κ2) is 7.35. The zero-order chi connectivity index (χ0) is 19.8. The van der Waals surface area contributed by atoms with Crippen LogP contribution in [-0.4, -0.2) is 50.9 Å². The molecule has 2 aliphatic rings. The van der Waals surface area contributed by atoms with Crippen molar-refractivity contribution in [2.75, 3.05) is 17.7 Å². The lowest BCUT2D eigenvalue weighted by Crippen LogP contribution is -2.47. The molecular formula is C16H16ClN3O6S. The molecule has 9 nitrogen and oxygen atoms in total. The van der Waals surface area contributed by atoms with E-state index in [1.54, 1.807) is 0 Å². The van der Waals surface area contributed by atoms with Gasteiger partial charge in [-0.1, -0.05) is 11.6 Å². The van der Waals surface area contributed by atoms with Crippen molar-refractivity contribution in [3.8, 4) is 0 Å². The van der Waals surface area contributed by atoms with Crippen molar-refractivity contribution in [2.24, 2.45) is 0 Å². The van der Waals surface area contributed by atoms with E-state index in [0.29, 0.717) is 18.6 Å². The maximum absolute atomic E-state index is 12.3. The van der Waals surface area contributed by atoms with Gasteiger partial charge in [0.05, 0.1) is 9.79 Å². The maximum atomic E-state index is 12.3. The summed E-state index contributed by atoms with van der Waals surface area (Å²) in [5, 5.41) is 13.5. The minimum Gasteiger partial charge on any atom is -0.454 e. The molecule has 27 heavy (non-hydrogen) atoms. The summed E-state index contributed by atoms with van der Waals surface area (Å²) in [6.45, 7) is 1.29. The molecule has 2 fully saturated rings. The molecule has 1 N–H and O–H groups in total. The molecule has 2 atom stereocenters. The number of halogens is 1. The molecule has 1 aromatic carbocycles. The molecule has 0 unspecified atom stereocenters. The Labute approximate surface area is 163 Å². The molecule has 3 rings (SSSR count). The largest absolute Gasteiger partial charge is 0.454 e. The molecule has 0 aromatic heterocycles. The number of hydrogen-bond acceptors (Lipinski definition) is 7. The van der Waals surface area contributed by atoms with Crippen LogP contribution in [0, 0.1) is 10.1 Å². The lowest BCUT2D eigenvalue weighted by Gasteiger charge is -2.29. The Kier molecular flexibility index (Phi) is 5.29. The number of anilines is 1. The molecule has 2 heterocycles. The molecule has 0 radical (unpaired) electrons. The van der Waals surface area contributed by atoms with Crippen molar-refractivity contribution < 1.29 is 24.0 Å². The summed E-state index contributed by atoms with van der Waals surface area (Å²) >= 11 is 7.23. The van der Waals surface area contributed by atoms with Crippen LogP contribution in [0.15, 0.2) is 18.2 Å². The van der Waals surface area contributed by atoms with Crippen LogP contribution in [0.3, 0.4) is 0 Å². The molecule has 2 amide bonds. The lowest BCUT2D eigenvalue weighted by atomic mass is 10.2. The van der Waals surface area contributed by atoms with E-state index in [4.69, 9.17) is 16.3 Å². The van der Waals surface area contributed by atoms with Gasteiger partial charge in [0.1, 0.15) is 11.7 Å². The first kappa shape index (κ1) is 19.4. The van der Waals surface area contributed by atoms with Crippen molar-refractivity contribution in [1.82, 2.24) is 4.90 Å². The summed E-state index contributed by atoms with van der Waals surface area (Å²) < 4.78 is 5.03. The molecule has 11 heteroatoms. The van der Waals surface area contributed by atoms with Gasteiger partial charge < -0.3 is 15.0 Å². The minimum atomic E-state index is -0.729. The molecule has 0 spiro atoms. The summed E-state index contributed by atoms with van der Waals surface area (Å²) in [5.74, 6) is -1.09. The highest BCUT2D eigenvalue weighted by Gasteiger charge is 2.53. The van der Waals surface area contributed by atoms with Crippen molar-refractivity contribution in [3.05, 3.63) is 33.3 Å². The molecule has 0 saturated carbocycles. The molecular weight excluding hydrogens is 398 g/mol. The summed E-state index contributed by atoms with van der Waals surface area (Å²) in [7, 11) is 0. The minimum absolute atomic E-state index is 0.0517. The van der Waals surface area contributed by atoms with Gasteiger partial charge in [-0.05, 0) is 25.5 Å². The maximum Gasteiger partial charge on any atom is 0.330 e. The highest BCUT2D eigenvalue weighted by atomic mass is 35.5. The first-order chi connectivity index (χ1) is 12.7. The third-order valence-electron chi connectivity index (χ3n) is 4.49. The Morgan fingerprint density at radius 3 is 2.96 bits per heavy atom. The first-order valence-electron chi connectivity index (χ1n) is 8.08. The summed E-state index contributed by atoms with van der Waals surface area (Å²) in [6, 6.07) is 3.07. The fourth-order valence-electron chi connectivity index (χ4n) is 3.18. The number of nitrogens with one attached hydrogen (secondary N) is 1. The summed E-state index contributed by atoms with van der Waals surface area (Å²) in [4.78, 5) is 47.8. The van der Waals surface area contributed by atoms with Gasteiger partial charge in [0.25, 0.3) is 11.6 Å². The topological polar surface area (TPSA) is 119 Å². The number of carbonyl (C=O) groups excluding carboxylic acids is 3. The zero-order valence-corrected chi connectivity index (χ0v) is 15.8. The van der Waals surface area contributed by atoms with Crippen LogP contribution in [0.4, 0.5) is 11.4 Å². The molecule has 2 aliphatic heterocycles. The average Bonchev–Trinajstić information content (AvgIpc) is 3.10. The van der Waals surface area contributed by atoms with E-state index in [1.165, 1.54) is 28.8 Å². The SMILES string of the molecule is C[C@]12CCC(=O)N1[C@@H](C(=O)OCC(=O)Nc1ccc(Cl)cc1[N+](=O)[O-])CS2. The second-order valence-electron chi connectivity index (χ2n) is 6.34. The average molecular weight is 414 g/mol. The summed E-state index contributed by atoms with van der Waals surface area (Å²) in [6.07, 6.45) is 1.05. The van der Waals surface area contributed by atoms with Crippen LogP contribution in [0.1, 0.15) is 19.8 Å². The molecule has 1 aromatic rings. The fraction of sp³-hybridized carbons (Fsp3) is 0.438. The van der Waals surface area contributed by atoms with E-state index in [-0.39, 0.29) is 22.3 Å². The smallest absolute Gasteiger partial charge is 0.330 e. The van der Waals surface area contributed by atoms with E-state index in [0.717, 1.165) is 6.07 Å². The van der Waals surface area contributed by atoms with Crippen LogP contribution in [0.25, 0.3) is 0 Å². The Morgan fingerprint density at radius 1 is 1.52 bits per heavy atom. The Morgan fingerprint density at radius 2 is 2.26 bits per heavy atom. The predicted octanol–water partition coefficient (Wildman–Crippen LogP) is 2.18. The van der Waals surface area contributed by atoms with E-state index < -0.39 is 34.3 Å². The number of esters is 1. The third-order valence-corrected chi connectivity index (χ3v) is 6.23. The number of nitro benzene ring substituents is 1. The van der Waals surface area contributed by atoms with Crippen LogP contribution in [0.5, 0.6) is 0 Å². The van der Waals surface area contributed by atoms with Gasteiger partial charge in [-0.15, -0.1) is 11.8 Å². The van der Waals surface area contributed by atoms with Crippen molar-refractivity contribution in [2.45, 2.75) is 30.7 Å². The van der Waals surface area contributed by atoms with E-state index in [2.05, 4.69) is 5.32 Å². The number of hydrogen-bond donors (Lipinski definition) is 1. The van der Waals surface area contributed by atoms with Crippen molar-refractivity contribution >= 4 is 52.5 Å². The van der Waals surface area contributed by atoms with Gasteiger partial charge in [0.2, 0.25) is 5.91 Å². The van der Waals surface area contributed by atoms with Gasteiger partial charge in [-0.25, -0.2) is 4.79 Å². The van der Waals surface area contributed by atoms with E-state index in [9.17, 15) is 24.5 Å². The number of benzene rings is 1. The van der Waals surface area contributed by atoms with Crippen LogP contribution in [0.2, 0.25) is 5.02 Å². The highest BCUT2D eigenvalue weighted by Crippen LogP contribution is 2.47. The summed E-state index contributed by atoms with van der Waals surface area (Å²) in [5.41, 5.74) is -0.419. The van der Waals surface area contributed by atoms with Crippen molar-refractivity contribution in [3.63, 3.8) is 0 Å². The lowest BCUT2D eigenvalue weighted by molar-refractivity contribution is -0.383. The third kappa shape index (κ3) is 3.86. The van der Waals surface area contributed by atoms with E-state index >= 15 is 0 Å². The van der Waals surface area contributed by atoms with Gasteiger partial charge in [-0.3, -0.25) is 19.7 Å². The number of rotatable bonds is 5. The first-order valence-corrected chi connectivity index (χ1v) is 9.44. The number of ether oxygens (including phenoxy) is 1. The van der Waals surface area contributed by atoms with Crippen LogP contribution < -0.4 is 5.32 Å². The second-order valence-corrected chi connectivity index (χ2v) is 8.28. The Balaban J connectivity index is 1.59. The number of amides is 2. The number of nitro groups is 1. The number of nitrogens with zero attached hydrogens (tertiary/aromatic N) is 2. The van der Waals surface area contributed by atoms with Gasteiger partial charge in [0, 0.05) is 23.3 Å². The highest BCUT2D eigenvalue weighted by molar-refractivity contribution is 8.01. The predicted molar refractivity (Wildman–Crippen MR) is 98.4 cm³/mol. The van der Waals surface area contributed by atoms with Gasteiger partial charge in [-0.2, -0.15) is 0 Å². The van der Waals surface area contributed by atoms with Crippen LogP contribution >= 0.6 is 23.4 Å². The zero-order valence-electron chi connectivity index (χ0n) is 14.3. The standard InChI is InChI=1S/C16H16ClN3O6S/c1-16-5-4-14(22)19(16)12(8-27-16)15(23)26-7-13(21)18-10-3-2-9(17)6-11(10)20(24)25/h2-3,6,12H,4-5,7-8H2,1H3,(H,18,21)/t12-,16+/m1/s1. The number of carbonyl (C=O) groups is 3. The molecule has 144 valence electrons. The normalized spacial score (nSPS) is 23.9. The number of thioether (sulfide) groups is 1. The Hall–Kier alpha value is -2.33. The van der Waals surface area contributed by atoms with Crippen LogP contribution in [-0.2, 0) is 19.1 Å². The Bertz CT molecular complexity index is 834.